The van der Waals surface area contributed by atoms with Gasteiger partial charge in [-0.1, -0.05) is 29.8 Å². The van der Waals surface area contributed by atoms with E-state index in [9.17, 15) is 18.0 Å². The Labute approximate surface area is 102 Å². The van der Waals surface area contributed by atoms with Crippen LogP contribution in [0.4, 0.5) is 13.2 Å². The second-order valence-corrected chi connectivity index (χ2v) is 4.25. The molecule has 1 aliphatic rings. The number of carbonyl (C=O) groups excluding carboxylic acids is 1. The van der Waals surface area contributed by atoms with Crippen LogP contribution in [0.2, 0.25) is 0 Å². The largest absolute Gasteiger partial charge is 0.480 e. The van der Waals surface area contributed by atoms with Crippen LogP contribution in [0.1, 0.15) is 17.5 Å². The number of halogens is 3. The Morgan fingerprint density at radius 3 is 2.33 bits per heavy atom. The van der Waals surface area contributed by atoms with Crippen LogP contribution in [0, 0.1) is 6.92 Å². The molecule has 0 aromatic heterocycles. The van der Waals surface area contributed by atoms with Gasteiger partial charge < -0.3 is 4.74 Å². The second kappa shape index (κ2) is 4.15. The molecule has 0 saturated carbocycles. The number of allylic oxidation sites excluding steroid dienone is 1. The first-order valence-corrected chi connectivity index (χ1v) is 5.36. The number of hydrogen-bond donors (Lipinski definition) is 0. The van der Waals surface area contributed by atoms with E-state index in [2.05, 4.69) is 0 Å². The molecule has 0 amide bonds. The Morgan fingerprint density at radius 2 is 1.83 bits per heavy atom. The highest BCUT2D eigenvalue weighted by Gasteiger charge is 2.59. The number of benzene rings is 1. The van der Waals surface area contributed by atoms with Crippen LogP contribution in [0.25, 0.3) is 0 Å². The highest BCUT2D eigenvalue weighted by Crippen LogP contribution is 2.46. The highest BCUT2D eigenvalue weighted by atomic mass is 19.4. The fourth-order valence-electron chi connectivity index (χ4n) is 1.90. The molecule has 0 bridgehead atoms. The summed E-state index contributed by atoms with van der Waals surface area (Å²) in [6.07, 6.45) is -3.55. The van der Waals surface area contributed by atoms with Crippen LogP contribution < -0.4 is 0 Å². The molecule has 96 valence electrons. The minimum absolute atomic E-state index is 0.0571. The molecule has 5 heteroatoms. The molecule has 0 aliphatic carbocycles. The lowest BCUT2D eigenvalue weighted by Crippen LogP contribution is -2.46. The van der Waals surface area contributed by atoms with Crippen LogP contribution >= 0.6 is 0 Å². The number of ether oxygens (including phenoxy) is 1. The summed E-state index contributed by atoms with van der Waals surface area (Å²) in [5, 5.41) is 0. The summed E-state index contributed by atoms with van der Waals surface area (Å²) in [4.78, 5) is 11.3. The van der Waals surface area contributed by atoms with Gasteiger partial charge in [-0.15, -0.1) is 0 Å². The molecule has 1 atom stereocenters. The van der Waals surface area contributed by atoms with Crippen molar-refractivity contribution < 1.29 is 22.7 Å². The van der Waals surface area contributed by atoms with Gasteiger partial charge in [0.1, 0.15) is 0 Å². The Hall–Kier alpha value is -1.78. The van der Waals surface area contributed by atoms with Crippen molar-refractivity contribution in [1.82, 2.24) is 0 Å². The number of ketones is 1. The number of rotatable bonds is 1. The van der Waals surface area contributed by atoms with Crippen molar-refractivity contribution in [2.24, 2.45) is 0 Å². The van der Waals surface area contributed by atoms with Gasteiger partial charge in [0.05, 0.1) is 12.7 Å². The lowest BCUT2D eigenvalue weighted by molar-refractivity contribution is -0.270. The topological polar surface area (TPSA) is 26.3 Å². The predicted molar refractivity (Wildman–Crippen MR) is 58.8 cm³/mol. The van der Waals surface area contributed by atoms with E-state index in [-0.39, 0.29) is 5.56 Å². The second-order valence-electron chi connectivity index (χ2n) is 4.25. The van der Waals surface area contributed by atoms with Crippen molar-refractivity contribution in [2.75, 3.05) is 0 Å². The molecule has 2 rings (SSSR count). The van der Waals surface area contributed by atoms with Crippen molar-refractivity contribution in [3.63, 3.8) is 0 Å². The molecule has 1 aliphatic heterocycles. The van der Waals surface area contributed by atoms with Crippen molar-refractivity contribution in [3.8, 4) is 0 Å². The maximum atomic E-state index is 13.2. The van der Waals surface area contributed by atoms with Gasteiger partial charge in [0.25, 0.3) is 0 Å². The van der Waals surface area contributed by atoms with Crippen molar-refractivity contribution in [1.29, 1.82) is 0 Å². The minimum atomic E-state index is -4.65. The number of alkyl halides is 3. The van der Waals surface area contributed by atoms with Crippen LogP contribution in [0.5, 0.6) is 0 Å². The quantitative estimate of drug-likeness (QED) is 0.771. The molecule has 0 saturated heterocycles. The van der Waals surface area contributed by atoms with Crippen molar-refractivity contribution in [2.45, 2.75) is 25.1 Å². The van der Waals surface area contributed by atoms with Gasteiger partial charge >= 0.3 is 6.18 Å². The summed E-state index contributed by atoms with van der Waals surface area (Å²) in [5.41, 5.74) is -1.78. The smallest absolute Gasteiger partial charge is 0.433 e. The van der Waals surface area contributed by atoms with E-state index in [1.54, 1.807) is 19.1 Å². The van der Waals surface area contributed by atoms with E-state index in [4.69, 9.17) is 4.74 Å². The lowest BCUT2D eigenvalue weighted by atomic mass is 9.86. The fourth-order valence-corrected chi connectivity index (χ4v) is 1.90. The van der Waals surface area contributed by atoms with Gasteiger partial charge in [0, 0.05) is 11.6 Å². The fraction of sp³-hybridized carbons (Fsp3) is 0.308. The molecule has 0 fully saturated rings. The van der Waals surface area contributed by atoms with Gasteiger partial charge in [-0.05, 0) is 6.92 Å². The molecule has 1 unspecified atom stereocenters. The molecule has 1 heterocycles. The van der Waals surface area contributed by atoms with E-state index in [0.717, 1.165) is 17.9 Å². The summed E-state index contributed by atoms with van der Waals surface area (Å²) in [5.74, 6) is -0.598. The first-order chi connectivity index (χ1) is 8.35. The molecule has 1 aromatic carbocycles. The Bertz CT molecular complexity index is 488. The molecule has 0 N–H and O–H groups in total. The van der Waals surface area contributed by atoms with Crippen LogP contribution in [-0.2, 0) is 15.1 Å². The Kier molecular flexibility index (Phi) is 2.92. The standard InChI is InChI=1S/C13H11F3O2/c1-9-2-4-10(5-3-9)12(13(14,15)16)8-11(17)6-7-18-12/h2-7H,8H2,1H3. The minimum Gasteiger partial charge on any atom is -0.480 e. The molecule has 18 heavy (non-hydrogen) atoms. The summed E-state index contributed by atoms with van der Waals surface area (Å²) in [6.45, 7) is 1.77. The molecular weight excluding hydrogens is 245 g/mol. The third kappa shape index (κ3) is 2.00. The van der Waals surface area contributed by atoms with E-state index >= 15 is 0 Å². The zero-order valence-corrected chi connectivity index (χ0v) is 9.62. The third-order valence-corrected chi connectivity index (χ3v) is 2.92. The molecule has 1 aromatic rings. The molecule has 2 nitrogen and oxygen atoms in total. The average Bonchev–Trinajstić information content (AvgIpc) is 2.28. The van der Waals surface area contributed by atoms with Crippen LogP contribution in [0.3, 0.4) is 0 Å². The van der Waals surface area contributed by atoms with Crippen LogP contribution in [0.15, 0.2) is 36.6 Å². The molecular formula is C13H11F3O2. The van der Waals surface area contributed by atoms with Gasteiger partial charge in [-0.3, -0.25) is 4.79 Å². The summed E-state index contributed by atoms with van der Waals surface area (Å²) in [6, 6.07) is 5.81. The summed E-state index contributed by atoms with van der Waals surface area (Å²) < 4.78 is 44.5. The van der Waals surface area contributed by atoms with E-state index < -0.39 is 24.0 Å². The first kappa shape index (κ1) is 12.7. The number of carbonyl (C=O) groups is 1. The van der Waals surface area contributed by atoms with E-state index in [0.29, 0.717) is 0 Å². The maximum Gasteiger partial charge on any atom is 0.433 e. The summed E-state index contributed by atoms with van der Waals surface area (Å²) in [7, 11) is 0. The van der Waals surface area contributed by atoms with Gasteiger partial charge in [0.2, 0.25) is 5.60 Å². The van der Waals surface area contributed by atoms with Gasteiger partial charge in [-0.25, -0.2) is 0 Å². The monoisotopic (exact) mass is 256 g/mol. The van der Waals surface area contributed by atoms with Gasteiger partial charge in [0.15, 0.2) is 5.78 Å². The van der Waals surface area contributed by atoms with Crippen molar-refractivity contribution in [3.05, 3.63) is 47.7 Å². The normalized spacial score (nSPS) is 23.9. The van der Waals surface area contributed by atoms with Crippen molar-refractivity contribution >= 4 is 5.78 Å². The molecule has 0 radical (unpaired) electrons. The zero-order chi connectivity index (χ0) is 13.4. The zero-order valence-electron chi connectivity index (χ0n) is 9.62. The molecule has 0 spiro atoms. The average molecular weight is 256 g/mol. The van der Waals surface area contributed by atoms with E-state index in [1.165, 1.54) is 12.1 Å². The van der Waals surface area contributed by atoms with Gasteiger partial charge in [-0.2, -0.15) is 13.2 Å². The van der Waals surface area contributed by atoms with Crippen LogP contribution in [-0.4, -0.2) is 12.0 Å². The first-order valence-electron chi connectivity index (χ1n) is 5.36. The number of hydrogen-bond acceptors (Lipinski definition) is 2. The van der Waals surface area contributed by atoms with E-state index in [1.807, 2.05) is 0 Å². The Balaban J connectivity index is 2.53. The lowest BCUT2D eigenvalue weighted by Gasteiger charge is -2.36. The number of aryl methyl sites for hydroxylation is 1. The highest BCUT2D eigenvalue weighted by molar-refractivity contribution is 5.91. The summed E-state index contributed by atoms with van der Waals surface area (Å²) >= 11 is 0. The maximum absolute atomic E-state index is 13.2. The third-order valence-electron chi connectivity index (χ3n) is 2.92. The Morgan fingerprint density at radius 1 is 1.22 bits per heavy atom. The predicted octanol–water partition coefficient (Wildman–Crippen LogP) is 3.26. The SMILES string of the molecule is Cc1ccc(C2(C(F)(F)F)CC(=O)C=CO2)cc1.